The third kappa shape index (κ3) is 3.07. The maximum atomic E-state index is 5.00. The highest BCUT2D eigenvalue weighted by Gasteiger charge is 2.21. The summed E-state index contributed by atoms with van der Waals surface area (Å²) in [6, 6.07) is 10.4. The van der Waals surface area contributed by atoms with Crippen LogP contribution in [0.15, 0.2) is 36.5 Å². The highest BCUT2D eigenvalue weighted by molar-refractivity contribution is 5.95. The van der Waals surface area contributed by atoms with Crippen molar-refractivity contribution in [3.8, 4) is 11.3 Å². The Bertz CT molecular complexity index is 1070. The van der Waals surface area contributed by atoms with Gasteiger partial charge in [0.2, 0.25) is 0 Å². The van der Waals surface area contributed by atoms with Gasteiger partial charge < -0.3 is 5.32 Å². The molecule has 0 saturated heterocycles. The molecule has 6 heteroatoms. The van der Waals surface area contributed by atoms with E-state index in [-0.39, 0.29) is 0 Å². The van der Waals surface area contributed by atoms with Crippen LogP contribution in [0.2, 0.25) is 0 Å². The number of H-pyrrole nitrogens is 2. The van der Waals surface area contributed by atoms with E-state index in [0.29, 0.717) is 12.5 Å². The second-order valence-electron chi connectivity index (χ2n) is 7.17. The van der Waals surface area contributed by atoms with Crippen LogP contribution in [0.1, 0.15) is 42.3 Å². The molecule has 4 aromatic rings. The molecule has 0 fully saturated rings. The summed E-state index contributed by atoms with van der Waals surface area (Å²) in [5.41, 5.74) is 9.26. The number of pyridine rings is 1. The Hall–Kier alpha value is -3.15. The molecule has 0 atom stereocenters. The van der Waals surface area contributed by atoms with Crippen LogP contribution in [0.5, 0.6) is 0 Å². The maximum Gasteiger partial charge on any atom is 0.134 e. The Morgan fingerprint density at radius 3 is 2.48 bits per heavy atom. The average Bonchev–Trinajstić information content (AvgIpc) is 3.25. The molecule has 138 valence electrons. The first-order valence-corrected chi connectivity index (χ1v) is 9.23. The zero-order chi connectivity index (χ0) is 19.0. The highest BCUT2D eigenvalue weighted by Crippen LogP contribution is 2.38. The smallest absolute Gasteiger partial charge is 0.134 e. The Kier molecular flexibility index (Phi) is 4.39. The minimum Gasteiger partial charge on any atom is -0.379 e. The van der Waals surface area contributed by atoms with Crippen LogP contribution >= 0.6 is 0 Å². The molecule has 0 unspecified atom stereocenters. The third-order valence-electron chi connectivity index (χ3n) is 4.92. The van der Waals surface area contributed by atoms with Gasteiger partial charge in [-0.3, -0.25) is 10.2 Å². The van der Waals surface area contributed by atoms with Crippen LogP contribution in [0.3, 0.4) is 0 Å². The van der Waals surface area contributed by atoms with E-state index in [4.69, 9.17) is 4.98 Å². The number of rotatable bonds is 5. The van der Waals surface area contributed by atoms with Crippen molar-refractivity contribution in [1.82, 2.24) is 25.4 Å². The predicted octanol–water partition coefficient (Wildman–Crippen LogP) is 4.70. The van der Waals surface area contributed by atoms with Gasteiger partial charge in [0.1, 0.15) is 11.0 Å². The van der Waals surface area contributed by atoms with Crippen LogP contribution in [0.25, 0.3) is 22.3 Å². The van der Waals surface area contributed by atoms with Crippen LogP contribution in [0, 0.1) is 13.8 Å². The van der Waals surface area contributed by atoms with Crippen molar-refractivity contribution in [3.63, 3.8) is 0 Å². The Morgan fingerprint density at radius 2 is 1.81 bits per heavy atom. The van der Waals surface area contributed by atoms with E-state index in [9.17, 15) is 0 Å². The Morgan fingerprint density at radius 1 is 1.04 bits per heavy atom. The Balaban J connectivity index is 1.91. The lowest BCUT2D eigenvalue weighted by atomic mass is 9.94. The molecular weight excluding hydrogens is 336 g/mol. The molecule has 0 aliphatic carbocycles. The van der Waals surface area contributed by atoms with E-state index < -0.39 is 0 Å². The molecule has 0 radical (unpaired) electrons. The zero-order valence-electron chi connectivity index (χ0n) is 16.1. The lowest BCUT2D eigenvalue weighted by Crippen LogP contribution is -2.08. The molecule has 0 spiro atoms. The van der Waals surface area contributed by atoms with E-state index in [1.807, 2.05) is 26.1 Å². The normalized spacial score (nSPS) is 11.4. The van der Waals surface area contributed by atoms with Crippen molar-refractivity contribution in [2.75, 3.05) is 5.32 Å². The fourth-order valence-electron chi connectivity index (χ4n) is 3.46. The first-order chi connectivity index (χ1) is 13.1. The van der Waals surface area contributed by atoms with Gasteiger partial charge >= 0.3 is 0 Å². The van der Waals surface area contributed by atoms with E-state index >= 15 is 0 Å². The van der Waals surface area contributed by atoms with Gasteiger partial charge in [0.25, 0.3) is 0 Å². The molecule has 4 rings (SSSR count). The summed E-state index contributed by atoms with van der Waals surface area (Å²) in [6.07, 6.45) is 1.93. The first-order valence-electron chi connectivity index (χ1n) is 9.23. The summed E-state index contributed by atoms with van der Waals surface area (Å²) in [5, 5.41) is 18.4. The zero-order valence-corrected chi connectivity index (χ0v) is 16.1. The fraction of sp³-hybridized carbons (Fsp3) is 0.286. The number of hydrogen-bond acceptors (Lipinski definition) is 4. The standard InChI is InChI=1S/C21H24N6/c1-12(2)17-19(15-8-6-5-7-9-15)24-18-14(4)26-27-21(18)20(17)22-10-16-11-23-25-13(16)3/h5-9,11-12H,10H2,1-4H3,(H,22,24)(H,23,25)(H,26,27). The lowest BCUT2D eigenvalue weighted by molar-refractivity contribution is 0.863. The number of aromatic nitrogens is 5. The van der Waals surface area contributed by atoms with E-state index in [1.165, 1.54) is 5.56 Å². The number of fused-ring (bicyclic) bond motifs is 1. The van der Waals surface area contributed by atoms with Gasteiger partial charge in [-0.1, -0.05) is 44.2 Å². The molecule has 1 aromatic carbocycles. The SMILES string of the molecule is Cc1n[nH]cc1CNc1c(C(C)C)c(-c2ccccc2)nc2c(C)[nH]nc12. The second kappa shape index (κ2) is 6.87. The van der Waals surface area contributed by atoms with Crippen molar-refractivity contribution in [3.05, 3.63) is 59.0 Å². The van der Waals surface area contributed by atoms with Crippen LogP contribution in [0.4, 0.5) is 5.69 Å². The molecule has 0 saturated carbocycles. The predicted molar refractivity (Wildman–Crippen MR) is 109 cm³/mol. The van der Waals surface area contributed by atoms with Crippen molar-refractivity contribution in [2.45, 2.75) is 40.2 Å². The van der Waals surface area contributed by atoms with E-state index in [2.05, 4.69) is 63.8 Å². The van der Waals surface area contributed by atoms with E-state index in [1.54, 1.807) is 0 Å². The fourth-order valence-corrected chi connectivity index (χ4v) is 3.46. The Labute approximate surface area is 158 Å². The summed E-state index contributed by atoms with van der Waals surface area (Å²) in [4.78, 5) is 5.00. The van der Waals surface area contributed by atoms with Gasteiger partial charge in [-0.2, -0.15) is 10.2 Å². The number of anilines is 1. The average molecular weight is 360 g/mol. The summed E-state index contributed by atoms with van der Waals surface area (Å²) in [6.45, 7) is 9.09. The topological polar surface area (TPSA) is 82.3 Å². The highest BCUT2D eigenvalue weighted by atomic mass is 15.1. The van der Waals surface area contributed by atoms with Gasteiger partial charge in [-0.15, -0.1) is 0 Å². The monoisotopic (exact) mass is 360 g/mol. The number of nitrogens with zero attached hydrogens (tertiary/aromatic N) is 3. The van der Waals surface area contributed by atoms with Crippen molar-refractivity contribution in [1.29, 1.82) is 0 Å². The van der Waals surface area contributed by atoms with Crippen molar-refractivity contribution >= 4 is 16.7 Å². The van der Waals surface area contributed by atoms with Gasteiger partial charge in [0.15, 0.2) is 0 Å². The number of hydrogen-bond donors (Lipinski definition) is 3. The lowest BCUT2D eigenvalue weighted by Gasteiger charge is -2.19. The molecular formula is C21H24N6. The number of aromatic amines is 2. The number of benzene rings is 1. The van der Waals surface area contributed by atoms with Gasteiger partial charge in [0, 0.05) is 29.4 Å². The maximum absolute atomic E-state index is 5.00. The molecule has 3 aromatic heterocycles. The molecule has 0 bridgehead atoms. The van der Waals surface area contributed by atoms with Gasteiger partial charge in [0.05, 0.1) is 22.8 Å². The summed E-state index contributed by atoms with van der Waals surface area (Å²) < 4.78 is 0. The third-order valence-corrected chi connectivity index (χ3v) is 4.92. The second-order valence-corrected chi connectivity index (χ2v) is 7.17. The quantitative estimate of drug-likeness (QED) is 0.482. The summed E-state index contributed by atoms with van der Waals surface area (Å²) in [5.74, 6) is 0.294. The largest absolute Gasteiger partial charge is 0.379 e. The molecule has 3 N–H and O–H groups in total. The molecule has 27 heavy (non-hydrogen) atoms. The first kappa shape index (κ1) is 17.3. The van der Waals surface area contributed by atoms with Gasteiger partial charge in [-0.25, -0.2) is 4.98 Å². The molecule has 6 nitrogen and oxygen atoms in total. The molecule has 3 heterocycles. The van der Waals surface area contributed by atoms with Crippen LogP contribution in [-0.4, -0.2) is 25.4 Å². The van der Waals surface area contributed by atoms with Crippen LogP contribution < -0.4 is 5.32 Å². The number of aryl methyl sites for hydroxylation is 2. The van der Waals surface area contributed by atoms with Gasteiger partial charge in [-0.05, 0) is 19.8 Å². The van der Waals surface area contributed by atoms with Crippen LogP contribution in [-0.2, 0) is 6.54 Å². The van der Waals surface area contributed by atoms with Crippen molar-refractivity contribution < 1.29 is 0 Å². The molecule has 0 aliphatic heterocycles. The van der Waals surface area contributed by atoms with Crippen molar-refractivity contribution in [2.24, 2.45) is 0 Å². The number of nitrogens with one attached hydrogen (secondary N) is 3. The minimum absolute atomic E-state index is 0.294. The molecule has 0 amide bonds. The van der Waals surface area contributed by atoms with E-state index in [0.717, 1.165) is 44.9 Å². The molecule has 0 aliphatic rings. The summed E-state index contributed by atoms with van der Waals surface area (Å²) >= 11 is 0. The minimum atomic E-state index is 0.294. The summed E-state index contributed by atoms with van der Waals surface area (Å²) in [7, 11) is 0.